The van der Waals surface area contributed by atoms with Crippen LogP contribution < -0.4 is 10.1 Å². The van der Waals surface area contributed by atoms with Crippen LogP contribution in [0, 0.1) is 0 Å². The molecule has 0 aliphatic carbocycles. The first-order chi connectivity index (χ1) is 12.7. The molecule has 0 radical (unpaired) electrons. The molecule has 8 nitrogen and oxygen atoms in total. The average molecular weight is 359 g/mol. The van der Waals surface area contributed by atoms with Crippen molar-refractivity contribution in [2.24, 2.45) is 0 Å². The molecule has 1 amide bonds. The van der Waals surface area contributed by atoms with E-state index in [0.29, 0.717) is 17.9 Å². The predicted molar refractivity (Wildman–Crippen MR) is 93.4 cm³/mol. The highest BCUT2D eigenvalue weighted by molar-refractivity contribution is 6.06. The van der Waals surface area contributed by atoms with Crippen LogP contribution in [0.15, 0.2) is 30.3 Å². The van der Waals surface area contributed by atoms with Crippen molar-refractivity contribution in [3.05, 3.63) is 41.6 Å². The molecule has 2 N–H and O–H groups in total. The van der Waals surface area contributed by atoms with Crippen molar-refractivity contribution >= 4 is 17.7 Å². The molecule has 1 aliphatic rings. The number of ether oxygens (including phenoxy) is 3. The summed E-state index contributed by atoms with van der Waals surface area (Å²) >= 11 is 0. The number of rotatable bonds is 7. The molecule has 1 saturated heterocycles. The zero-order valence-electron chi connectivity index (χ0n) is 14.5. The van der Waals surface area contributed by atoms with Crippen molar-refractivity contribution in [2.75, 3.05) is 25.1 Å². The number of anilines is 1. The normalized spacial score (nSPS) is 16.3. The fourth-order valence-electron chi connectivity index (χ4n) is 2.62. The topological polar surface area (TPSA) is 103 Å². The van der Waals surface area contributed by atoms with Gasteiger partial charge >= 0.3 is 5.97 Å². The number of amides is 1. The number of aromatic nitrogens is 2. The van der Waals surface area contributed by atoms with Gasteiger partial charge in [0, 0.05) is 12.7 Å². The molecule has 0 bridgehead atoms. The zero-order valence-corrected chi connectivity index (χ0v) is 14.5. The lowest BCUT2D eigenvalue weighted by molar-refractivity contribution is 0.0519. The first kappa shape index (κ1) is 17.9. The molecular formula is C18H21N3O5. The molecule has 1 aromatic carbocycles. The fraction of sp³-hybridized carbons (Fsp3) is 0.389. The number of carbonyl (C=O) groups excluding carboxylic acids is 2. The monoisotopic (exact) mass is 359 g/mol. The van der Waals surface area contributed by atoms with Gasteiger partial charge in [-0.2, -0.15) is 5.10 Å². The highest BCUT2D eigenvalue weighted by Gasteiger charge is 2.19. The van der Waals surface area contributed by atoms with E-state index in [-0.39, 0.29) is 30.1 Å². The predicted octanol–water partition coefficient (Wildman–Crippen LogP) is 2.40. The van der Waals surface area contributed by atoms with E-state index in [1.807, 2.05) is 0 Å². The molecule has 26 heavy (non-hydrogen) atoms. The highest BCUT2D eigenvalue weighted by Crippen LogP contribution is 2.21. The summed E-state index contributed by atoms with van der Waals surface area (Å²) in [5, 5.41) is 9.09. The largest absolute Gasteiger partial charge is 0.490 e. The van der Waals surface area contributed by atoms with Gasteiger partial charge in [-0.1, -0.05) is 12.1 Å². The summed E-state index contributed by atoms with van der Waals surface area (Å²) in [6, 6.07) is 8.38. The SMILES string of the molecule is CCOC(=O)c1cc(NC(=O)c2ccccc2OC[C@H]2CCCO2)n[nH]1. The summed E-state index contributed by atoms with van der Waals surface area (Å²) in [7, 11) is 0. The summed E-state index contributed by atoms with van der Waals surface area (Å²) in [5.74, 6) is -0.204. The van der Waals surface area contributed by atoms with E-state index >= 15 is 0 Å². The molecule has 1 aromatic heterocycles. The molecule has 1 atom stereocenters. The van der Waals surface area contributed by atoms with Gasteiger partial charge in [-0.15, -0.1) is 0 Å². The molecule has 138 valence electrons. The molecular weight excluding hydrogens is 338 g/mol. The van der Waals surface area contributed by atoms with Gasteiger partial charge in [-0.25, -0.2) is 4.79 Å². The molecule has 1 fully saturated rings. The Morgan fingerprint density at radius 3 is 3.00 bits per heavy atom. The van der Waals surface area contributed by atoms with Gasteiger partial charge in [0.2, 0.25) is 0 Å². The van der Waals surface area contributed by atoms with Crippen molar-refractivity contribution in [3.8, 4) is 5.75 Å². The molecule has 3 rings (SSSR count). The van der Waals surface area contributed by atoms with E-state index in [9.17, 15) is 9.59 Å². The second-order valence-corrected chi connectivity index (χ2v) is 5.78. The van der Waals surface area contributed by atoms with Crippen molar-refractivity contribution < 1.29 is 23.8 Å². The van der Waals surface area contributed by atoms with Crippen LogP contribution in [0.5, 0.6) is 5.75 Å². The number of hydrogen-bond acceptors (Lipinski definition) is 6. The van der Waals surface area contributed by atoms with E-state index in [0.717, 1.165) is 19.4 Å². The van der Waals surface area contributed by atoms with Crippen LogP contribution >= 0.6 is 0 Å². The maximum atomic E-state index is 12.5. The highest BCUT2D eigenvalue weighted by atomic mass is 16.5. The van der Waals surface area contributed by atoms with E-state index in [2.05, 4.69) is 15.5 Å². The van der Waals surface area contributed by atoms with E-state index < -0.39 is 5.97 Å². The number of aromatic amines is 1. The van der Waals surface area contributed by atoms with Gasteiger partial charge in [0.1, 0.15) is 18.1 Å². The summed E-state index contributed by atoms with van der Waals surface area (Å²) in [6.45, 7) is 3.12. The molecule has 2 aromatic rings. The quantitative estimate of drug-likeness (QED) is 0.736. The number of para-hydroxylation sites is 1. The fourth-order valence-corrected chi connectivity index (χ4v) is 2.62. The van der Waals surface area contributed by atoms with Crippen LogP contribution in [0.2, 0.25) is 0 Å². The molecule has 0 spiro atoms. The van der Waals surface area contributed by atoms with Crippen molar-refractivity contribution in [1.82, 2.24) is 10.2 Å². The third-order valence-electron chi connectivity index (χ3n) is 3.90. The van der Waals surface area contributed by atoms with Gasteiger partial charge in [-0.05, 0) is 31.9 Å². The minimum Gasteiger partial charge on any atom is -0.490 e. The Bertz CT molecular complexity index is 768. The Morgan fingerprint density at radius 1 is 1.38 bits per heavy atom. The van der Waals surface area contributed by atoms with Crippen LogP contribution in [-0.2, 0) is 9.47 Å². The number of carbonyl (C=O) groups is 2. The maximum absolute atomic E-state index is 12.5. The third kappa shape index (κ3) is 4.40. The number of H-pyrrole nitrogens is 1. The first-order valence-corrected chi connectivity index (χ1v) is 8.54. The van der Waals surface area contributed by atoms with Gasteiger partial charge in [0.05, 0.1) is 18.3 Å². The lowest BCUT2D eigenvalue weighted by Crippen LogP contribution is -2.19. The minimum atomic E-state index is -0.527. The Kier molecular flexibility index (Phi) is 5.85. The Hall–Kier alpha value is -2.87. The van der Waals surface area contributed by atoms with Crippen LogP contribution in [0.25, 0.3) is 0 Å². The number of nitrogens with zero attached hydrogens (tertiary/aromatic N) is 1. The summed E-state index contributed by atoms with van der Waals surface area (Å²) in [5.41, 5.74) is 0.552. The van der Waals surface area contributed by atoms with Gasteiger partial charge in [0.25, 0.3) is 5.91 Å². The third-order valence-corrected chi connectivity index (χ3v) is 3.90. The molecule has 0 unspecified atom stereocenters. The van der Waals surface area contributed by atoms with Gasteiger partial charge < -0.3 is 19.5 Å². The molecule has 2 heterocycles. The van der Waals surface area contributed by atoms with E-state index in [4.69, 9.17) is 14.2 Å². The number of hydrogen-bond donors (Lipinski definition) is 2. The first-order valence-electron chi connectivity index (χ1n) is 8.54. The standard InChI is InChI=1S/C18H21N3O5/c1-2-24-18(23)14-10-16(21-20-14)19-17(22)13-7-3-4-8-15(13)26-11-12-6-5-9-25-12/h3-4,7-8,10,12H,2,5-6,9,11H2,1H3,(H2,19,20,21,22)/t12-/m1/s1. The van der Waals surface area contributed by atoms with Gasteiger partial charge in [0.15, 0.2) is 5.82 Å². The molecule has 1 aliphatic heterocycles. The molecule has 0 saturated carbocycles. The lowest BCUT2D eigenvalue weighted by atomic mass is 10.2. The minimum absolute atomic E-state index is 0.0598. The Morgan fingerprint density at radius 2 is 2.23 bits per heavy atom. The van der Waals surface area contributed by atoms with Crippen LogP contribution in [-0.4, -0.2) is 48.0 Å². The van der Waals surface area contributed by atoms with Gasteiger partial charge in [-0.3, -0.25) is 9.89 Å². The van der Waals surface area contributed by atoms with E-state index in [1.54, 1.807) is 31.2 Å². The van der Waals surface area contributed by atoms with Crippen LogP contribution in [0.3, 0.4) is 0 Å². The average Bonchev–Trinajstić information content (AvgIpc) is 3.32. The maximum Gasteiger partial charge on any atom is 0.356 e. The second kappa shape index (κ2) is 8.48. The Balaban J connectivity index is 1.65. The number of nitrogens with one attached hydrogen (secondary N) is 2. The van der Waals surface area contributed by atoms with Crippen molar-refractivity contribution in [2.45, 2.75) is 25.9 Å². The second-order valence-electron chi connectivity index (χ2n) is 5.78. The Labute approximate surface area is 150 Å². The smallest absolute Gasteiger partial charge is 0.356 e. The summed E-state index contributed by atoms with van der Waals surface area (Å²) < 4.78 is 16.2. The van der Waals surface area contributed by atoms with Crippen molar-refractivity contribution in [3.63, 3.8) is 0 Å². The van der Waals surface area contributed by atoms with Crippen molar-refractivity contribution in [1.29, 1.82) is 0 Å². The molecule has 8 heteroatoms. The van der Waals surface area contributed by atoms with Crippen LogP contribution in [0.4, 0.5) is 5.82 Å². The van der Waals surface area contributed by atoms with Crippen LogP contribution in [0.1, 0.15) is 40.6 Å². The number of benzene rings is 1. The number of esters is 1. The zero-order chi connectivity index (χ0) is 18.4. The summed E-state index contributed by atoms with van der Waals surface area (Å²) in [6.07, 6.45) is 2.04. The van der Waals surface area contributed by atoms with E-state index in [1.165, 1.54) is 6.07 Å². The summed E-state index contributed by atoms with van der Waals surface area (Å²) in [4.78, 5) is 24.2. The lowest BCUT2D eigenvalue weighted by Gasteiger charge is -2.14.